The average molecular weight is 121 g/mol. The van der Waals surface area contributed by atoms with Crippen LogP contribution in [0.2, 0.25) is 0 Å². The Morgan fingerprint density at radius 2 is 2.00 bits per heavy atom. The Bertz CT molecular complexity index is 124. The Kier molecular flexibility index (Phi) is 1.72. The number of hydrogen-bond acceptors (Lipinski definition) is 1. The Hall–Kier alpha value is -0.150. The maximum Gasteiger partial charge on any atom is 0.00477 e. The molecule has 0 fully saturated rings. The van der Waals surface area contributed by atoms with Crippen molar-refractivity contribution in [2.75, 3.05) is 6.26 Å². The molecule has 0 aromatic heterocycles. The molecule has 0 saturated heterocycles. The molecule has 44 valence electrons. The summed E-state index contributed by atoms with van der Waals surface area (Å²) in [5, 5.41) is 5.13. The fourth-order valence-corrected chi connectivity index (χ4v) is 0. The zero-order chi connectivity index (χ0) is 6.08. The summed E-state index contributed by atoms with van der Waals surface area (Å²) in [6.45, 7) is 5.11. The van der Waals surface area contributed by atoms with Gasteiger partial charge in [0.2, 0.25) is 0 Å². The van der Waals surface area contributed by atoms with Crippen molar-refractivity contribution >= 4 is 10.1 Å². The molecule has 0 saturated carbocycles. The zero-order valence-corrected chi connectivity index (χ0v) is 5.53. The van der Waals surface area contributed by atoms with Crippen LogP contribution in [0.5, 0.6) is 0 Å². The van der Waals surface area contributed by atoms with Gasteiger partial charge >= 0.3 is 0 Å². The molecule has 0 unspecified atom stereocenters. The third-order valence-corrected chi connectivity index (χ3v) is 2.27. The Morgan fingerprint density at radius 1 is 1.86 bits per heavy atom. The zero-order valence-electron chi connectivity index (χ0n) is 4.64. The summed E-state index contributed by atoms with van der Waals surface area (Å²) in [6.07, 6.45) is 1.50. The van der Waals surface area contributed by atoms with E-state index in [1.54, 1.807) is 6.92 Å². The second-order valence-electron chi connectivity index (χ2n) is 1.73. The topological polar surface area (TPSA) is 43.1 Å². The monoisotopic (exact) mass is 121 g/mol. The van der Waals surface area contributed by atoms with Crippen molar-refractivity contribution in [3.8, 4) is 0 Å². The molecule has 0 bridgehead atoms. The Balaban J connectivity index is 4.09. The SMILES string of the molecule is C=C(C)[SH](C)(N)=O. The van der Waals surface area contributed by atoms with E-state index >= 15 is 0 Å². The van der Waals surface area contributed by atoms with Crippen molar-refractivity contribution in [1.82, 2.24) is 0 Å². The molecule has 0 aliphatic carbocycles. The van der Waals surface area contributed by atoms with E-state index in [1.165, 1.54) is 6.26 Å². The number of hydrogen-bond donors (Lipinski definition) is 2. The molecule has 0 aliphatic heterocycles. The van der Waals surface area contributed by atoms with E-state index in [2.05, 4.69) is 6.58 Å². The second kappa shape index (κ2) is 1.76. The number of rotatable bonds is 1. The highest BCUT2D eigenvalue weighted by Gasteiger charge is 1.96. The number of allylic oxidation sites excluding steroid dienone is 1. The van der Waals surface area contributed by atoms with E-state index in [1.807, 2.05) is 0 Å². The molecule has 0 amide bonds. The maximum atomic E-state index is 10.6. The minimum Gasteiger partial charge on any atom is -0.271 e. The van der Waals surface area contributed by atoms with Crippen LogP contribution in [0.4, 0.5) is 0 Å². The molecule has 0 rings (SSSR count). The number of nitrogens with two attached hydrogens (primary N) is 1. The second-order valence-corrected chi connectivity index (χ2v) is 4.47. The molecule has 3 heteroatoms. The van der Waals surface area contributed by atoms with Crippen molar-refractivity contribution in [1.29, 1.82) is 0 Å². The van der Waals surface area contributed by atoms with Gasteiger partial charge in [-0.05, 0) is 21.9 Å². The van der Waals surface area contributed by atoms with Crippen molar-refractivity contribution in [2.24, 2.45) is 5.14 Å². The van der Waals surface area contributed by atoms with Crippen LogP contribution in [0, 0.1) is 0 Å². The van der Waals surface area contributed by atoms with E-state index in [9.17, 15) is 4.21 Å². The third-order valence-electron chi connectivity index (χ3n) is 0.758. The molecule has 0 radical (unpaired) electrons. The lowest BCUT2D eigenvalue weighted by atomic mass is 10.8. The van der Waals surface area contributed by atoms with E-state index in [0.717, 1.165) is 0 Å². The standard InChI is InChI=1S/C4H11NOS/c1-4(2)7(3,5)6/h7H,1H2,2-3H3,(H2,5,6). The summed E-state index contributed by atoms with van der Waals surface area (Å²) >= 11 is 0. The van der Waals surface area contributed by atoms with Crippen molar-refractivity contribution in [3.63, 3.8) is 0 Å². The summed E-state index contributed by atoms with van der Waals surface area (Å²) in [7, 11) is -2.43. The van der Waals surface area contributed by atoms with Crippen LogP contribution in [-0.2, 0) is 10.1 Å². The van der Waals surface area contributed by atoms with Crippen molar-refractivity contribution in [3.05, 3.63) is 11.5 Å². The van der Waals surface area contributed by atoms with E-state index in [0.29, 0.717) is 4.91 Å². The fraction of sp³-hybridized carbons (Fsp3) is 0.500. The molecular weight excluding hydrogens is 110 g/mol. The molecule has 0 spiro atoms. The predicted molar refractivity (Wildman–Crippen MR) is 34.5 cm³/mol. The fourth-order valence-electron chi connectivity index (χ4n) is 0. The highest BCUT2D eigenvalue weighted by atomic mass is 32.3. The first-order valence-electron chi connectivity index (χ1n) is 1.97. The third kappa shape index (κ3) is 2.53. The largest absolute Gasteiger partial charge is 0.271 e. The summed E-state index contributed by atoms with van der Waals surface area (Å²) < 4.78 is 10.6. The predicted octanol–water partition coefficient (Wildman–Crippen LogP) is 0.0402. The lowest BCUT2D eigenvalue weighted by Crippen LogP contribution is -2.20. The summed E-state index contributed by atoms with van der Waals surface area (Å²) in [6, 6.07) is 0. The maximum absolute atomic E-state index is 10.6. The first-order valence-corrected chi connectivity index (χ1v) is 4.19. The van der Waals surface area contributed by atoms with Crippen LogP contribution in [-0.4, -0.2) is 10.5 Å². The van der Waals surface area contributed by atoms with Crippen molar-refractivity contribution < 1.29 is 4.21 Å². The normalized spacial score (nSPS) is 13.6. The highest BCUT2D eigenvalue weighted by Crippen LogP contribution is 1.99. The smallest absolute Gasteiger partial charge is 0.00477 e. The highest BCUT2D eigenvalue weighted by molar-refractivity contribution is 8.03. The summed E-state index contributed by atoms with van der Waals surface area (Å²) in [4.78, 5) is 0.576. The van der Waals surface area contributed by atoms with Crippen LogP contribution in [0.15, 0.2) is 11.5 Å². The van der Waals surface area contributed by atoms with Gasteiger partial charge in [0.15, 0.2) is 0 Å². The van der Waals surface area contributed by atoms with Gasteiger partial charge in [0, 0.05) is 6.26 Å². The minimum absolute atomic E-state index is 0.576. The first-order chi connectivity index (χ1) is 2.94. The van der Waals surface area contributed by atoms with Crippen molar-refractivity contribution in [2.45, 2.75) is 6.92 Å². The van der Waals surface area contributed by atoms with E-state index in [-0.39, 0.29) is 0 Å². The molecular formula is C4H11NOS. The van der Waals surface area contributed by atoms with Gasteiger partial charge in [-0.3, -0.25) is 9.35 Å². The number of thiol groups is 1. The van der Waals surface area contributed by atoms with Gasteiger partial charge in [0.25, 0.3) is 0 Å². The van der Waals surface area contributed by atoms with Gasteiger partial charge < -0.3 is 0 Å². The Labute approximate surface area is 45.0 Å². The summed E-state index contributed by atoms with van der Waals surface area (Å²) in [5.74, 6) is 0. The molecule has 0 aromatic carbocycles. The molecule has 0 heterocycles. The van der Waals surface area contributed by atoms with Gasteiger partial charge in [-0.1, -0.05) is 6.58 Å². The molecule has 7 heavy (non-hydrogen) atoms. The van der Waals surface area contributed by atoms with Gasteiger partial charge in [-0.25, -0.2) is 0 Å². The molecule has 0 aromatic rings. The lowest BCUT2D eigenvalue weighted by Gasteiger charge is -2.09. The lowest BCUT2D eigenvalue weighted by molar-refractivity contribution is 0.680. The van der Waals surface area contributed by atoms with Crippen LogP contribution >= 0.6 is 0 Å². The minimum atomic E-state index is -2.43. The average Bonchev–Trinajstić information content (AvgIpc) is 1.31. The van der Waals surface area contributed by atoms with Gasteiger partial charge in [0.1, 0.15) is 0 Å². The molecule has 2 N–H and O–H groups in total. The van der Waals surface area contributed by atoms with Crippen LogP contribution in [0.25, 0.3) is 0 Å². The van der Waals surface area contributed by atoms with Gasteiger partial charge in [-0.15, -0.1) is 0 Å². The van der Waals surface area contributed by atoms with E-state index < -0.39 is 10.1 Å². The summed E-state index contributed by atoms with van der Waals surface area (Å²) in [5.41, 5.74) is 0. The molecule has 0 atom stereocenters. The first kappa shape index (κ1) is 6.85. The van der Waals surface area contributed by atoms with Crippen LogP contribution < -0.4 is 5.14 Å². The van der Waals surface area contributed by atoms with Gasteiger partial charge in [-0.2, -0.15) is 0 Å². The molecule has 2 nitrogen and oxygen atoms in total. The molecule has 0 aliphatic rings. The Morgan fingerprint density at radius 3 is 2.00 bits per heavy atom. The quantitative estimate of drug-likeness (QED) is 0.473. The van der Waals surface area contributed by atoms with Crippen LogP contribution in [0.1, 0.15) is 6.92 Å². The van der Waals surface area contributed by atoms with Gasteiger partial charge in [0.05, 0.1) is 0 Å². The van der Waals surface area contributed by atoms with E-state index in [4.69, 9.17) is 5.14 Å². The van der Waals surface area contributed by atoms with Crippen LogP contribution in [0.3, 0.4) is 0 Å².